The van der Waals surface area contributed by atoms with Crippen LogP contribution in [0.3, 0.4) is 0 Å². The number of nitrogens with zero attached hydrogens (tertiary/aromatic N) is 1. The summed E-state index contributed by atoms with van der Waals surface area (Å²) in [6.45, 7) is 6.87. The first-order chi connectivity index (χ1) is 12.7. The SMILES string of the molecule is Cc1ccc(F)cc1N(C(=O)OC(C)(C)C)C(=O)c1ccc(C2CC2)cc1. The number of hydrogen-bond donors (Lipinski definition) is 0. The largest absolute Gasteiger partial charge is 0.443 e. The number of hydrogen-bond acceptors (Lipinski definition) is 3. The Hall–Kier alpha value is -2.69. The zero-order chi connectivity index (χ0) is 19.8. The second-order valence-electron chi connectivity index (χ2n) is 7.95. The van der Waals surface area contributed by atoms with Crippen molar-refractivity contribution in [3.8, 4) is 0 Å². The normalized spacial score (nSPS) is 14.0. The minimum atomic E-state index is -0.826. The first-order valence-corrected chi connectivity index (χ1v) is 9.09. The molecule has 3 rings (SSSR count). The summed E-state index contributed by atoms with van der Waals surface area (Å²) in [5.74, 6) is -0.497. The minimum Gasteiger partial charge on any atom is -0.443 e. The van der Waals surface area contributed by atoms with Crippen LogP contribution in [0.1, 0.15) is 61.0 Å². The van der Waals surface area contributed by atoms with E-state index in [0.717, 1.165) is 4.90 Å². The quantitative estimate of drug-likeness (QED) is 0.708. The van der Waals surface area contributed by atoms with Crippen LogP contribution in [-0.4, -0.2) is 17.6 Å². The minimum absolute atomic E-state index is 0.181. The van der Waals surface area contributed by atoms with Gasteiger partial charge in [-0.25, -0.2) is 14.1 Å². The summed E-state index contributed by atoms with van der Waals surface area (Å²) < 4.78 is 19.2. The zero-order valence-electron chi connectivity index (χ0n) is 16.1. The first kappa shape index (κ1) is 19.1. The molecular formula is C22H24FNO3. The maximum Gasteiger partial charge on any atom is 0.422 e. The van der Waals surface area contributed by atoms with Gasteiger partial charge in [-0.1, -0.05) is 18.2 Å². The van der Waals surface area contributed by atoms with Crippen molar-refractivity contribution >= 4 is 17.7 Å². The lowest BCUT2D eigenvalue weighted by Crippen LogP contribution is -2.41. The highest BCUT2D eigenvalue weighted by Gasteiger charge is 2.31. The van der Waals surface area contributed by atoms with Crippen LogP contribution in [0, 0.1) is 12.7 Å². The molecule has 1 fully saturated rings. The smallest absolute Gasteiger partial charge is 0.422 e. The maximum atomic E-state index is 13.8. The molecule has 1 aliphatic rings. The number of halogens is 1. The van der Waals surface area contributed by atoms with Gasteiger partial charge in [0.2, 0.25) is 0 Å². The summed E-state index contributed by atoms with van der Waals surface area (Å²) in [5, 5.41) is 0. The Morgan fingerprint density at radius 3 is 2.26 bits per heavy atom. The molecule has 0 aliphatic heterocycles. The van der Waals surface area contributed by atoms with Gasteiger partial charge in [0, 0.05) is 5.56 Å². The van der Waals surface area contributed by atoms with Gasteiger partial charge in [0.15, 0.2) is 0 Å². The fourth-order valence-electron chi connectivity index (χ4n) is 2.87. The van der Waals surface area contributed by atoms with E-state index in [1.54, 1.807) is 39.8 Å². The number of benzene rings is 2. The van der Waals surface area contributed by atoms with Gasteiger partial charge < -0.3 is 4.74 Å². The van der Waals surface area contributed by atoms with E-state index < -0.39 is 23.4 Å². The third kappa shape index (κ3) is 4.54. The van der Waals surface area contributed by atoms with Crippen LogP contribution < -0.4 is 4.90 Å². The van der Waals surface area contributed by atoms with Crippen LogP contribution in [0.15, 0.2) is 42.5 Å². The third-order valence-electron chi connectivity index (χ3n) is 4.40. The van der Waals surface area contributed by atoms with Crippen molar-refractivity contribution < 1.29 is 18.7 Å². The summed E-state index contributed by atoms with van der Waals surface area (Å²) >= 11 is 0. The number of ether oxygens (including phenoxy) is 1. The molecule has 2 amide bonds. The number of anilines is 1. The standard InChI is InChI=1S/C22H24FNO3/c1-14-5-12-18(23)13-19(14)24(21(26)27-22(2,3)4)20(25)17-10-8-16(9-11-17)15-6-7-15/h5,8-13,15H,6-7H2,1-4H3. The van der Waals surface area contributed by atoms with Gasteiger partial charge >= 0.3 is 6.09 Å². The van der Waals surface area contributed by atoms with Crippen molar-refractivity contribution in [1.82, 2.24) is 0 Å². The fraction of sp³-hybridized carbons (Fsp3) is 0.364. The Kier molecular flexibility index (Phi) is 5.05. The molecule has 0 saturated heterocycles. The number of imide groups is 1. The van der Waals surface area contributed by atoms with Gasteiger partial charge in [0.05, 0.1) is 5.69 Å². The van der Waals surface area contributed by atoms with E-state index in [0.29, 0.717) is 17.0 Å². The van der Waals surface area contributed by atoms with Crippen molar-refractivity contribution in [2.45, 2.75) is 52.1 Å². The molecule has 0 radical (unpaired) electrons. The molecule has 0 spiro atoms. The predicted molar refractivity (Wildman–Crippen MR) is 103 cm³/mol. The number of aryl methyl sites for hydroxylation is 1. The van der Waals surface area contributed by atoms with Crippen LogP contribution in [0.25, 0.3) is 0 Å². The molecule has 27 heavy (non-hydrogen) atoms. The Balaban J connectivity index is 1.98. The average molecular weight is 369 g/mol. The molecule has 0 bridgehead atoms. The van der Waals surface area contributed by atoms with E-state index in [9.17, 15) is 14.0 Å². The third-order valence-corrected chi connectivity index (χ3v) is 4.40. The van der Waals surface area contributed by atoms with Crippen LogP contribution >= 0.6 is 0 Å². The van der Waals surface area contributed by atoms with Crippen molar-refractivity contribution in [2.24, 2.45) is 0 Å². The number of amides is 2. The summed E-state index contributed by atoms with van der Waals surface area (Å²) in [6.07, 6.45) is 1.51. The molecular weight excluding hydrogens is 345 g/mol. The second-order valence-corrected chi connectivity index (χ2v) is 7.95. The molecule has 0 N–H and O–H groups in total. The predicted octanol–water partition coefficient (Wildman–Crippen LogP) is 5.59. The van der Waals surface area contributed by atoms with Crippen LogP contribution in [0.4, 0.5) is 14.9 Å². The molecule has 1 aliphatic carbocycles. The number of rotatable bonds is 3. The van der Waals surface area contributed by atoms with Gasteiger partial charge in [-0.15, -0.1) is 0 Å². The molecule has 5 heteroatoms. The molecule has 142 valence electrons. The molecule has 2 aromatic carbocycles. The van der Waals surface area contributed by atoms with Crippen molar-refractivity contribution in [1.29, 1.82) is 0 Å². The highest BCUT2D eigenvalue weighted by molar-refractivity contribution is 6.19. The number of carbonyl (C=O) groups excluding carboxylic acids is 2. The second kappa shape index (κ2) is 7.14. The van der Waals surface area contributed by atoms with Crippen molar-refractivity contribution in [3.63, 3.8) is 0 Å². The van der Waals surface area contributed by atoms with Gasteiger partial charge in [-0.2, -0.15) is 0 Å². The van der Waals surface area contributed by atoms with Crippen LogP contribution in [0.5, 0.6) is 0 Å². The monoisotopic (exact) mass is 369 g/mol. The van der Waals surface area contributed by atoms with E-state index in [2.05, 4.69) is 0 Å². The Morgan fingerprint density at radius 1 is 1.07 bits per heavy atom. The highest BCUT2D eigenvalue weighted by Crippen LogP contribution is 2.40. The van der Waals surface area contributed by atoms with Gasteiger partial charge in [-0.3, -0.25) is 4.79 Å². The summed E-state index contributed by atoms with van der Waals surface area (Å²) in [6, 6.07) is 11.2. The molecule has 0 heterocycles. The van der Waals surface area contributed by atoms with Gasteiger partial charge in [0.1, 0.15) is 11.4 Å². The lowest BCUT2D eigenvalue weighted by Gasteiger charge is -2.27. The molecule has 0 atom stereocenters. The molecule has 2 aromatic rings. The summed E-state index contributed by atoms with van der Waals surface area (Å²) in [7, 11) is 0. The molecule has 0 unspecified atom stereocenters. The molecule has 4 nitrogen and oxygen atoms in total. The highest BCUT2D eigenvalue weighted by atomic mass is 19.1. The summed E-state index contributed by atoms with van der Waals surface area (Å²) in [4.78, 5) is 26.8. The van der Waals surface area contributed by atoms with Crippen molar-refractivity contribution in [3.05, 3.63) is 65.0 Å². The van der Waals surface area contributed by atoms with Crippen molar-refractivity contribution in [2.75, 3.05) is 4.90 Å². The Labute approximate surface area is 158 Å². The van der Waals surface area contributed by atoms with E-state index in [1.165, 1.54) is 36.6 Å². The Morgan fingerprint density at radius 2 is 1.70 bits per heavy atom. The lowest BCUT2D eigenvalue weighted by molar-refractivity contribution is 0.0564. The van der Waals surface area contributed by atoms with E-state index in [1.807, 2.05) is 12.1 Å². The average Bonchev–Trinajstić information content (AvgIpc) is 3.41. The Bertz CT molecular complexity index is 864. The van der Waals surface area contributed by atoms with Gasteiger partial charge in [-0.05, 0) is 81.8 Å². The lowest BCUT2D eigenvalue weighted by atomic mass is 10.1. The molecule has 0 aromatic heterocycles. The number of carbonyl (C=O) groups is 2. The molecule has 1 saturated carbocycles. The van der Waals surface area contributed by atoms with E-state index in [-0.39, 0.29) is 5.69 Å². The topological polar surface area (TPSA) is 46.6 Å². The van der Waals surface area contributed by atoms with Crippen LogP contribution in [-0.2, 0) is 4.74 Å². The summed E-state index contributed by atoms with van der Waals surface area (Å²) in [5.41, 5.74) is 1.55. The van der Waals surface area contributed by atoms with Crippen LogP contribution in [0.2, 0.25) is 0 Å². The van der Waals surface area contributed by atoms with E-state index in [4.69, 9.17) is 4.74 Å². The van der Waals surface area contributed by atoms with Gasteiger partial charge in [0.25, 0.3) is 5.91 Å². The zero-order valence-corrected chi connectivity index (χ0v) is 16.1. The van der Waals surface area contributed by atoms with E-state index >= 15 is 0 Å². The first-order valence-electron chi connectivity index (χ1n) is 9.09. The maximum absolute atomic E-state index is 13.8. The fourth-order valence-corrected chi connectivity index (χ4v) is 2.87.